The molecule has 0 fully saturated rings. The largest absolute Gasteiger partial charge is 0.425 e. The summed E-state index contributed by atoms with van der Waals surface area (Å²) in [6, 6.07) is 4.17. The summed E-state index contributed by atoms with van der Waals surface area (Å²) in [5.74, 6) is -5.22. The number of H-pyrrole nitrogens is 1. The first-order valence-electron chi connectivity index (χ1n) is 7.29. The summed E-state index contributed by atoms with van der Waals surface area (Å²) >= 11 is 0. The van der Waals surface area contributed by atoms with Gasteiger partial charge in [-0.05, 0) is 12.1 Å². The number of amides is 2. The Balaban J connectivity index is 2.26. The second-order valence-electron chi connectivity index (χ2n) is 5.68. The average Bonchev–Trinajstić information content (AvgIpc) is 2.87. The van der Waals surface area contributed by atoms with E-state index in [1.165, 1.54) is 17.4 Å². The normalized spacial score (nSPS) is 18.8. The molecule has 3 rings (SSSR count). The number of carbonyl (C=O) groups is 2. The van der Waals surface area contributed by atoms with Crippen LogP contribution in [-0.4, -0.2) is 27.5 Å². The molecular formula is C15H10F4N4O4. The van der Waals surface area contributed by atoms with Crippen LogP contribution in [0.1, 0.15) is 15.9 Å². The summed E-state index contributed by atoms with van der Waals surface area (Å²) < 4.78 is 56.1. The lowest BCUT2D eigenvalue weighted by molar-refractivity contribution is -0.196. The molecule has 3 N–H and O–H groups in total. The van der Waals surface area contributed by atoms with Crippen molar-refractivity contribution in [1.82, 2.24) is 14.9 Å². The standard InChI is InChI=1S/C15H10F4N4O4/c1-23-9-8(11(25)21-13(23)27)14(12(26)20-9,15(17,18)19)22-10(24)6-4-2-3-5-7(6)16/h2-5H,1H3,(H,20,26)(H,22,24)(H,21,25,27)/t14-/m1/s1. The highest BCUT2D eigenvalue weighted by Gasteiger charge is 2.68. The first kappa shape index (κ1) is 18.4. The van der Waals surface area contributed by atoms with Gasteiger partial charge in [0.05, 0.1) is 5.56 Å². The number of rotatable bonds is 2. The van der Waals surface area contributed by atoms with Gasteiger partial charge in [0.15, 0.2) is 0 Å². The van der Waals surface area contributed by atoms with E-state index in [1.54, 1.807) is 10.3 Å². The molecule has 0 radical (unpaired) electrons. The second-order valence-corrected chi connectivity index (χ2v) is 5.68. The molecule has 1 aliphatic heterocycles. The van der Waals surface area contributed by atoms with E-state index >= 15 is 0 Å². The Bertz CT molecular complexity index is 1090. The van der Waals surface area contributed by atoms with Gasteiger partial charge >= 0.3 is 11.9 Å². The molecule has 0 unspecified atom stereocenters. The van der Waals surface area contributed by atoms with Crippen molar-refractivity contribution in [3.63, 3.8) is 0 Å². The molecule has 8 nitrogen and oxygen atoms in total. The van der Waals surface area contributed by atoms with Gasteiger partial charge in [-0.15, -0.1) is 0 Å². The number of fused-ring (bicyclic) bond motifs is 1. The molecule has 1 aliphatic rings. The summed E-state index contributed by atoms with van der Waals surface area (Å²) in [7, 11) is 1.02. The molecule has 1 atom stereocenters. The molecule has 1 aromatic heterocycles. The Morgan fingerprint density at radius 3 is 2.41 bits per heavy atom. The topological polar surface area (TPSA) is 113 Å². The SMILES string of the molecule is Cn1c2c(c(=O)[nH]c1=O)[C@](NC(=O)c1ccccc1F)(C(F)(F)F)C(=O)N2. The molecule has 12 heteroatoms. The van der Waals surface area contributed by atoms with E-state index in [2.05, 4.69) is 0 Å². The van der Waals surface area contributed by atoms with Crippen molar-refractivity contribution in [2.45, 2.75) is 11.7 Å². The summed E-state index contributed by atoms with van der Waals surface area (Å²) in [5.41, 5.74) is -8.37. The Morgan fingerprint density at radius 2 is 1.81 bits per heavy atom. The zero-order valence-corrected chi connectivity index (χ0v) is 13.4. The fourth-order valence-corrected chi connectivity index (χ4v) is 2.77. The highest BCUT2D eigenvalue weighted by molar-refractivity contribution is 6.09. The molecular weight excluding hydrogens is 376 g/mol. The lowest BCUT2D eigenvalue weighted by Crippen LogP contribution is -2.62. The highest BCUT2D eigenvalue weighted by Crippen LogP contribution is 2.44. The Labute approximate surface area is 146 Å². The third kappa shape index (κ3) is 2.52. The van der Waals surface area contributed by atoms with E-state index < -0.39 is 57.5 Å². The number of hydrogen-bond acceptors (Lipinski definition) is 4. The number of halogens is 4. The number of nitrogens with one attached hydrogen (secondary N) is 3. The number of nitrogens with zero attached hydrogens (tertiary/aromatic N) is 1. The smallest absolute Gasteiger partial charge is 0.326 e. The van der Waals surface area contributed by atoms with Crippen molar-refractivity contribution in [2.24, 2.45) is 7.05 Å². The molecule has 0 saturated carbocycles. The summed E-state index contributed by atoms with van der Waals surface area (Å²) in [6.45, 7) is 0. The number of aromatic amines is 1. The van der Waals surface area contributed by atoms with Crippen molar-refractivity contribution in [3.05, 3.63) is 62.0 Å². The van der Waals surface area contributed by atoms with Gasteiger partial charge < -0.3 is 10.6 Å². The van der Waals surface area contributed by atoms with Crippen LogP contribution in [0.2, 0.25) is 0 Å². The monoisotopic (exact) mass is 386 g/mol. The van der Waals surface area contributed by atoms with E-state index in [9.17, 15) is 36.7 Å². The molecule has 0 bridgehead atoms. The minimum Gasteiger partial charge on any atom is -0.326 e. The van der Waals surface area contributed by atoms with Crippen molar-refractivity contribution in [2.75, 3.05) is 5.32 Å². The maximum absolute atomic E-state index is 13.9. The zero-order chi connectivity index (χ0) is 20.1. The lowest BCUT2D eigenvalue weighted by Gasteiger charge is -2.30. The molecule has 0 aliphatic carbocycles. The maximum Gasteiger partial charge on any atom is 0.425 e. The molecule has 27 heavy (non-hydrogen) atoms. The van der Waals surface area contributed by atoms with Crippen molar-refractivity contribution < 1.29 is 27.2 Å². The lowest BCUT2D eigenvalue weighted by atomic mass is 9.91. The summed E-state index contributed by atoms with van der Waals surface area (Å²) in [6.07, 6.45) is -5.48. The van der Waals surface area contributed by atoms with Gasteiger partial charge in [-0.3, -0.25) is 23.9 Å². The zero-order valence-electron chi connectivity index (χ0n) is 13.4. The van der Waals surface area contributed by atoms with E-state index in [0.29, 0.717) is 4.57 Å². The van der Waals surface area contributed by atoms with E-state index in [1.807, 2.05) is 0 Å². The van der Waals surface area contributed by atoms with Gasteiger partial charge in [-0.2, -0.15) is 13.2 Å². The van der Waals surface area contributed by atoms with Crippen LogP contribution in [0.15, 0.2) is 33.9 Å². The van der Waals surface area contributed by atoms with Gasteiger partial charge in [0.1, 0.15) is 17.2 Å². The fourth-order valence-electron chi connectivity index (χ4n) is 2.77. The molecule has 142 valence electrons. The Morgan fingerprint density at radius 1 is 1.19 bits per heavy atom. The number of anilines is 1. The van der Waals surface area contributed by atoms with Gasteiger partial charge in [-0.25, -0.2) is 9.18 Å². The van der Waals surface area contributed by atoms with Crippen LogP contribution in [-0.2, 0) is 17.4 Å². The molecule has 2 amide bonds. The fraction of sp³-hybridized carbons (Fsp3) is 0.200. The van der Waals surface area contributed by atoms with Gasteiger partial charge in [0, 0.05) is 7.05 Å². The van der Waals surface area contributed by atoms with E-state index in [4.69, 9.17) is 0 Å². The molecule has 2 aromatic rings. The number of carbonyl (C=O) groups excluding carboxylic acids is 2. The van der Waals surface area contributed by atoms with Gasteiger partial charge in [0.25, 0.3) is 22.9 Å². The number of benzene rings is 1. The number of hydrogen-bond donors (Lipinski definition) is 3. The minimum absolute atomic E-state index is 0.581. The third-order valence-electron chi connectivity index (χ3n) is 4.12. The first-order chi connectivity index (χ1) is 12.5. The quantitative estimate of drug-likeness (QED) is 0.647. The number of aromatic nitrogens is 2. The third-order valence-corrected chi connectivity index (χ3v) is 4.12. The van der Waals surface area contributed by atoms with Crippen LogP contribution in [0.3, 0.4) is 0 Å². The Kier molecular flexibility index (Phi) is 3.94. The highest BCUT2D eigenvalue weighted by atomic mass is 19.4. The predicted octanol–water partition coefficient (Wildman–Crippen LogP) is 0.352. The number of alkyl halides is 3. The van der Waals surface area contributed by atoms with E-state index in [-0.39, 0.29) is 0 Å². The van der Waals surface area contributed by atoms with Crippen molar-refractivity contribution in [1.29, 1.82) is 0 Å². The van der Waals surface area contributed by atoms with Crippen LogP contribution in [0.5, 0.6) is 0 Å². The van der Waals surface area contributed by atoms with Crippen molar-refractivity contribution >= 4 is 17.6 Å². The van der Waals surface area contributed by atoms with Crippen LogP contribution in [0.4, 0.5) is 23.4 Å². The first-order valence-corrected chi connectivity index (χ1v) is 7.29. The molecule has 0 spiro atoms. The molecule has 1 aromatic carbocycles. The predicted molar refractivity (Wildman–Crippen MR) is 82.5 cm³/mol. The van der Waals surface area contributed by atoms with Crippen molar-refractivity contribution in [3.8, 4) is 0 Å². The van der Waals surface area contributed by atoms with Gasteiger partial charge in [0.2, 0.25) is 0 Å². The van der Waals surface area contributed by atoms with E-state index in [0.717, 1.165) is 19.2 Å². The molecule has 0 saturated heterocycles. The van der Waals surface area contributed by atoms with Crippen LogP contribution >= 0.6 is 0 Å². The summed E-state index contributed by atoms with van der Waals surface area (Å²) in [4.78, 5) is 49.9. The molecule has 2 heterocycles. The van der Waals surface area contributed by atoms with Crippen LogP contribution in [0, 0.1) is 5.82 Å². The van der Waals surface area contributed by atoms with Gasteiger partial charge in [-0.1, -0.05) is 12.1 Å². The van der Waals surface area contributed by atoms with Crippen LogP contribution in [0.25, 0.3) is 0 Å². The maximum atomic E-state index is 13.9. The summed E-state index contributed by atoms with van der Waals surface area (Å²) in [5, 5.41) is 3.22. The second kappa shape index (κ2) is 5.79. The Hall–Kier alpha value is -3.44. The average molecular weight is 386 g/mol. The van der Waals surface area contributed by atoms with Crippen LogP contribution < -0.4 is 21.9 Å². The minimum atomic E-state index is -5.48.